The molecule has 0 amide bonds. The molecule has 0 saturated carbocycles. The molecule has 13 heavy (non-hydrogen) atoms. The van der Waals surface area contributed by atoms with Crippen LogP contribution >= 0.6 is 0 Å². The van der Waals surface area contributed by atoms with E-state index in [1.165, 1.54) is 30.1 Å². The highest BCUT2D eigenvalue weighted by Crippen LogP contribution is 2.15. The third kappa shape index (κ3) is 2.18. The van der Waals surface area contributed by atoms with Crippen LogP contribution in [0.3, 0.4) is 0 Å². The number of nitrogens with zero attached hydrogens (tertiary/aromatic N) is 5. The van der Waals surface area contributed by atoms with Crippen LogP contribution in [0.2, 0.25) is 0 Å². The Balaban J connectivity index is 5.13. The quantitative estimate of drug-likeness (QED) is 0.557. The van der Waals surface area contributed by atoms with Crippen molar-refractivity contribution in [2.24, 2.45) is 11.8 Å². The highest BCUT2D eigenvalue weighted by atomic mass is 14.4. The summed E-state index contributed by atoms with van der Waals surface area (Å²) in [6, 6.07) is 6.12. The van der Waals surface area contributed by atoms with Crippen LogP contribution in [0.1, 0.15) is 0 Å². The molecule has 0 aromatic carbocycles. The molecule has 5 heteroatoms. The fourth-order valence-electron chi connectivity index (χ4n) is 0.632. The van der Waals surface area contributed by atoms with Crippen LogP contribution in [0, 0.1) is 57.2 Å². The Morgan fingerprint density at radius 2 is 1.15 bits per heavy atom. The summed E-state index contributed by atoms with van der Waals surface area (Å²) in [5.41, 5.74) is -0.310. The predicted molar refractivity (Wildman–Crippen MR) is 41.3 cm³/mol. The summed E-state index contributed by atoms with van der Waals surface area (Å²) in [6.45, 7) is 0. The molecule has 0 rings (SSSR count). The van der Waals surface area contributed by atoms with Crippen molar-refractivity contribution in [3.05, 3.63) is 11.0 Å². The van der Waals surface area contributed by atoms with Crippen LogP contribution in [0.15, 0.2) is 5.57 Å². The summed E-state index contributed by atoms with van der Waals surface area (Å²) in [4.78, 5) is 0. The van der Waals surface area contributed by atoms with Gasteiger partial charge in [-0.05, 0) is 0 Å². The lowest BCUT2D eigenvalue weighted by molar-refractivity contribution is 0.875. The van der Waals surface area contributed by atoms with Gasteiger partial charge in [-0.1, -0.05) is 0 Å². The molecule has 0 aromatic heterocycles. The molecule has 0 atom stereocenters. The Labute approximate surface area is 74.9 Å². The second-order valence-corrected chi connectivity index (χ2v) is 1.95. The average Bonchev–Trinajstić information content (AvgIpc) is 2.18. The van der Waals surface area contributed by atoms with E-state index in [0.717, 1.165) is 0 Å². The molecule has 0 N–H and O–H groups in total. The first-order valence-electron chi connectivity index (χ1n) is 3.10. The molecule has 0 aliphatic rings. The Morgan fingerprint density at radius 3 is 1.31 bits per heavy atom. The summed E-state index contributed by atoms with van der Waals surface area (Å²) in [5.74, 6) is -1.09. The van der Waals surface area contributed by atoms with Gasteiger partial charge in [0.1, 0.15) is 0 Å². The molecule has 5 nitrogen and oxygen atoms in total. The van der Waals surface area contributed by atoms with E-state index in [9.17, 15) is 0 Å². The van der Waals surface area contributed by atoms with Crippen molar-refractivity contribution in [3.63, 3.8) is 0 Å². The lowest BCUT2D eigenvalue weighted by Gasteiger charge is -2.04. The lowest BCUT2D eigenvalue weighted by atomic mass is 9.92. The van der Waals surface area contributed by atoms with Gasteiger partial charge in [0, 0.05) is 5.57 Å². The van der Waals surface area contributed by atoms with E-state index >= 15 is 0 Å². The molecular formula is C8H2N5-. The zero-order chi connectivity index (χ0) is 10.3. The van der Waals surface area contributed by atoms with Gasteiger partial charge in [-0.2, -0.15) is 21.0 Å². The minimum absolute atomic E-state index is 0.310. The first kappa shape index (κ1) is 10.4. The summed E-state index contributed by atoms with van der Waals surface area (Å²) in [6.07, 6.45) is 0. The van der Waals surface area contributed by atoms with Gasteiger partial charge in [0.2, 0.25) is 0 Å². The number of nitriles is 4. The minimum atomic E-state index is -1.31. The third-order valence-electron chi connectivity index (χ3n) is 1.27. The van der Waals surface area contributed by atoms with Crippen molar-refractivity contribution in [2.75, 3.05) is 0 Å². The van der Waals surface area contributed by atoms with E-state index in [1.807, 2.05) is 0 Å². The van der Waals surface area contributed by atoms with Gasteiger partial charge in [0.15, 0.2) is 11.8 Å². The van der Waals surface area contributed by atoms with Gasteiger partial charge in [0.25, 0.3) is 0 Å². The molecule has 0 fully saturated rings. The van der Waals surface area contributed by atoms with Crippen LogP contribution < -0.4 is 0 Å². The van der Waals surface area contributed by atoms with Crippen molar-refractivity contribution in [1.29, 1.82) is 21.0 Å². The monoisotopic (exact) mass is 168 g/mol. The van der Waals surface area contributed by atoms with Crippen LogP contribution in [-0.4, -0.2) is 5.87 Å². The Hall–Kier alpha value is -2.59. The predicted octanol–water partition coefficient (Wildman–Crippen LogP) is 0.479. The Kier molecular flexibility index (Phi) is 4.09. The highest BCUT2D eigenvalue weighted by molar-refractivity contribution is 5.66. The van der Waals surface area contributed by atoms with Crippen LogP contribution in [0.25, 0.3) is 5.41 Å². The first-order chi connectivity index (χ1) is 6.24. The second-order valence-electron chi connectivity index (χ2n) is 1.95. The van der Waals surface area contributed by atoms with Crippen LogP contribution in [0.4, 0.5) is 0 Å². The molecule has 0 aromatic rings. The van der Waals surface area contributed by atoms with E-state index in [0.29, 0.717) is 0 Å². The van der Waals surface area contributed by atoms with E-state index in [1.54, 1.807) is 0 Å². The van der Waals surface area contributed by atoms with Gasteiger partial charge in [-0.15, -0.1) is 0 Å². The standard InChI is InChI=1S/C8H2N5/c9-1-6(2-10)8(5-13)7(3-11)4-12/h6-7H/q-1. The third-order valence-corrected chi connectivity index (χ3v) is 1.27. The van der Waals surface area contributed by atoms with Crippen molar-refractivity contribution >= 4 is 5.87 Å². The van der Waals surface area contributed by atoms with E-state index < -0.39 is 11.8 Å². The SMILES string of the molecule is N#CC(C#N)C(=C=[N-])C(C#N)C#N. The summed E-state index contributed by atoms with van der Waals surface area (Å²) < 4.78 is 0. The second kappa shape index (κ2) is 5.11. The highest BCUT2D eigenvalue weighted by Gasteiger charge is 2.20. The Bertz CT molecular complexity index is 340. The maximum atomic E-state index is 8.50. The molecule has 0 radical (unpaired) electrons. The maximum absolute atomic E-state index is 8.50. The molecule has 0 aliphatic heterocycles. The molecule has 0 unspecified atom stereocenters. The summed E-state index contributed by atoms with van der Waals surface area (Å²) >= 11 is 0. The fraction of sp³-hybridized carbons (Fsp3) is 0.250. The fourth-order valence-corrected chi connectivity index (χ4v) is 0.632. The molecule has 0 saturated heterocycles. The van der Waals surface area contributed by atoms with Crippen LogP contribution in [-0.2, 0) is 0 Å². The number of rotatable bonds is 2. The lowest BCUT2D eigenvalue weighted by Crippen LogP contribution is -2.08. The maximum Gasteiger partial charge on any atom is 0.162 e. The molecule has 0 aliphatic carbocycles. The van der Waals surface area contributed by atoms with E-state index in [-0.39, 0.29) is 5.57 Å². The van der Waals surface area contributed by atoms with Gasteiger partial charge in [-0.25, -0.2) is 0 Å². The minimum Gasteiger partial charge on any atom is -0.763 e. The van der Waals surface area contributed by atoms with Gasteiger partial charge < -0.3 is 5.41 Å². The van der Waals surface area contributed by atoms with Gasteiger partial charge in [-0.3, -0.25) is 5.87 Å². The number of hydrogen-bond acceptors (Lipinski definition) is 4. The topological polar surface area (TPSA) is 117 Å². The van der Waals surface area contributed by atoms with Gasteiger partial charge in [0.05, 0.1) is 24.3 Å². The molecule has 60 valence electrons. The molecular weight excluding hydrogens is 166 g/mol. The number of hydrogen-bond donors (Lipinski definition) is 0. The van der Waals surface area contributed by atoms with Crippen molar-refractivity contribution in [3.8, 4) is 24.3 Å². The average molecular weight is 168 g/mol. The smallest absolute Gasteiger partial charge is 0.162 e. The van der Waals surface area contributed by atoms with E-state index in [4.69, 9.17) is 26.5 Å². The molecule has 0 spiro atoms. The van der Waals surface area contributed by atoms with Crippen LogP contribution in [0.5, 0.6) is 0 Å². The summed E-state index contributed by atoms with van der Waals surface area (Å²) in [5, 5.41) is 42.1. The van der Waals surface area contributed by atoms with Crippen molar-refractivity contribution < 1.29 is 0 Å². The zero-order valence-electron chi connectivity index (χ0n) is 6.39. The van der Waals surface area contributed by atoms with E-state index in [2.05, 4.69) is 0 Å². The molecule has 0 heterocycles. The first-order valence-corrected chi connectivity index (χ1v) is 3.10. The number of allylic oxidation sites excluding steroid dienone is 1. The summed E-state index contributed by atoms with van der Waals surface area (Å²) in [7, 11) is 0. The van der Waals surface area contributed by atoms with Crippen molar-refractivity contribution in [1.82, 2.24) is 0 Å². The van der Waals surface area contributed by atoms with Crippen molar-refractivity contribution in [2.45, 2.75) is 0 Å². The Morgan fingerprint density at radius 1 is 0.846 bits per heavy atom. The molecule has 0 bridgehead atoms. The van der Waals surface area contributed by atoms with Gasteiger partial charge >= 0.3 is 0 Å². The largest absolute Gasteiger partial charge is 0.763 e. The zero-order valence-corrected chi connectivity index (χ0v) is 6.39. The normalized spacial score (nSPS) is 7.54.